The Labute approximate surface area is 183 Å². The van der Waals surface area contributed by atoms with E-state index in [1.807, 2.05) is 22.9 Å². The van der Waals surface area contributed by atoms with Crippen molar-refractivity contribution >= 4 is 34.7 Å². The molecule has 0 unspecified atom stereocenters. The molecule has 0 rings (SSSR count). The molecule has 0 heterocycles. The maximum atomic E-state index is 11.6. The molecule has 0 saturated heterocycles. The van der Waals surface area contributed by atoms with Crippen molar-refractivity contribution in [1.29, 1.82) is 0 Å². The third kappa shape index (κ3) is 21.8. The van der Waals surface area contributed by atoms with Gasteiger partial charge < -0.3 is 24.3 Å². The highest BCUT2D eigenvalue weighted by atomic mass is 127. The van der Waals surface area contributed by atoms with E-state index in [1.54, 1.807) is 7.11 Å². The molecule has 0 aromatic rings. The van der Waals surface area contributed by atoms with E-state index in [2.05, 4.69) is 8.85 Å². The van der Waals surface area contributed by atoms with Crippen LogP contribution in [0.1, 0.15) is 51.4 Å². The Hall–Kier alpha value is -0.490. The van der Waals surface area contributed by atoms with Crippen LogP contribution in [0.5, 0.6) is 0 Å². The molecule has 0 aromatic carbocycles. The Balaban J connectivity index is 3.17. The van der Waals surface area contributed by atoms with Crippen molar-refractivity contribution in [1.82, 2.24) is 8.85 Å². The molecule has 28 heavy (non-hydrogen) atoms. The van der Waals surface area contributed by atoms with Crippen LogP contribution in [0.3, 0.4) is 0 Å². The minimum Gasteiger partial charge on any atom is -0.385 e. The van der Waals surface area contributed by atoms with Crippen LogP contribution in [-0.4, -0.2) is 71.7 Å². The fraction of sp³-hybridized carbons (Fsp3) is 0.895. The molecule has 0 spiro atoms. The molecule has 2 N–H and O–H groups in total. The molecule has 0 aromatic heterocycles. The maximum absolute atomic E-state index is 11.6. The summed E-state index contributed by atoms with van der Waals surface area (Å²) in [7, 11) is 1.71. The average molecular weight is 516 g/mol. The molecule has 2 amide bonds. The van der Waals surface area contributed by atoms with Gasteiger partial charge in [-0.25, -0.2) is 0 Å². The van der Waals surface area contributed by atoms with Crippen LogP contribution in [0.4, 0.5) is 0 Å². The summed E-state index contributed by atoms with van der Waals surface area (Å²) in [5, 5.41) is 2.78. The highest BCUT2D eigenvalue weighted by molar-refractivity contribution is 14.1. The molecule has 0 atom stereocenters. The smallest absolute Gasteiger partial charge is 0.246 e. The first-order valence-electron chi connectivity index (χ1n) is 10.1. The van der Waals surface area contributed by atoms with Gasteiger partial charge in [-0.1, -0.05) is 12.8 Å². The monoisotopic (exact) mass is 516 g/mol. The first-order valence-corrected chi connectivity index (χ1v) is 11.2. The van der Waals surface area contributed by atoms with Gasteiger partial charge in [0.2, 0.25) is 11.8 Å². The van der Waals surface area contributed by atoms with Gasteiger partial charge in [0.1, 0.15) is 6.61 Å². The molecule has 0 aliphatic carbocycles. The van der Waals surface area contributed by atoms with Crippen molar-refractivity contribution < 1.29 is 28.5 Å². The van der Waals surface area contributed by atoms with E-state index in [-0.39, 0.29) is 18.4 Å². The summed E-state index contributed by atoms with van der Waals surface area (Å²) >= 11 is 1.82. The minimum absolute atomic E-state index is 0.0126. The first kappa shape index (κ1) is 27.5. The molecular weight excluding hydrogens is 479 g/mol. The number of nitrogens with one attached hydrogen (secondary N) is 2. The number of carbonyl (C=O) groups excluding carboxylic acids is 2. The molecule has 8 nitrogen and oxygen atoms in total. The van der Waals surface area contributed by atoms with Gasteiger partial charge in [-0.05, 0) is 32.1 Å². The minimum atomic E-state index is -0.101. The predicted octanol–water partition coefficient (Wildman–Crippen LogP) is 2.39. The van der Waals surface area contributed by atoms with Gasteiger partial charge in [0.25, 0.3) is 0 Å². The zero-order chi connectivity index (χ0) is 20.7. The highest BCUT2D eigenvalue weighted by Crippen LogP contribution is 2.00. The van der Waals surface area contributed by atoms with E-state index in [4.69, 9.17) is 18.9 Å². The molecule has 0 fully saturated rings. The lowest BCUT2D eigenvalue weighted by Gasteiger charge is -2.07. The summed E-state index contributed by atoms with van der Waals surface area (Å²) in [5.41, 5.74) is 0. The molecular formula is C19H37IN2O6. The van der Waals surface area contributed by atoms with Crippen LogP contribution >= 0.6 is 22.9 Å². The summed E-state index contributed by atoms with van der Waals surface area (Å²) in [4.78, 5) is 22.6. The number of carbonyl (C=O) groups is 2. The second-order valence-electron chi connectivity index (χ2n) is 6.36. The van der Waals surface area contributed by atoms with Crippen LogP contribution in [0.25, 0.3) is 0 Å². The van der Waals surface area contributed by atoms with Gasteiger partial charge in [-0.15, -0.1) is 0 Å². The average Bonchev–Trinajstić information content (AvgIpc) is 2.70. The zero-order valence-electron chi connectivity index (χ0n) is 17.1. The summed E-state index contributed by atoms with van der Waals surface area (Å²) in [6.45, 7) is 4.34. The standard InChI is InChI=1S/C19H37IN2O6/c1-25-11-5-2-3-6-14-28-17-19(24)21-10-16-27-13-8-4-7-12-26-15-9-18(23)22-20/h2-17H2,1H3,(H,21,24)(H,22,23). The topological polar surface area (TPSA) is 95.1 Å². The lowest BCUT2D eigenvalue weighted by atomic mass is 10.2. The summed E-state index contributed by atoms with van der Waals surface area (Å²) in [6.07, 6.45) is 7.60. The summed E-state index contributed by atoms with van der Waals surface area (Å²) in [6, 6.07) is 0. The number of amides is 2. The normalized spacial score (nSPS) is 10.8. The van der Waals surface area contributed by atoms with E-state index in [0.717, 1.165) is 51.6 Å². The molecule has 0 aliphatic heterocycles. The van der Waals surface area contributed by atoms with Crippen molar-refractivity contribution in [2.24, 2.45) is 0 Å². The van der Waals surface area contributed by atoms with Crippen LogP contribution < -0.4 is 8.85 Å². The molecule has 166 valence electrons. The van der Waals surface area contributed by atoms with E-state index < -0.39 is 0 Å². The molecule has 0 aliphatic rings. The second kappa shape index (κ2) is 22.8. The van der Waals surface area contributed by atoms with Crippen molar-refractivity contribution in [2.45, 2.75) is 51.4 Å². The van der Waals surface area contributed by atoms with E-state index in [0.29, 0.717) is 46.0 Å². The van der Waals surface area contributed by atoms with Crippen LogP contribution in [0.15, 0.2) is 0 Å². The third-order valence-corrected chi connectivity index (χ3v) is 4.45. The number of unbranched alkanes of at least 4 members (excludes halogenated alkanes) is 5. The van der Waals surface area contributed by atoms with Crippen molar-refractivity contribution in [2.75, 3.05) is 59.9 Å². The largest absolute Gasteiger partial charge is 0.385 e. The van der Waals surface area contributed by atoms with Gasteiger partial charge in [0, 0.05) is 40.1 Å². The zero-order valence-corrected chi connectivity index (χ0v) is 19.3. The van der Waals surface area contributed by atoms with Crippen LogP contribution in [0.2, 0.25) is 0 Å². The highest BCUT2D eigenvalue weighted by Gasteiger charge is 2.01. The second-order valence-corrected chi connectivity index (χ2v) is 6.90. The Morgan fingerprint density at radius 1 is 0.714 bits per heavy atom. The number of rotatable bonds is 21. The molecule has 0 radical (unpaired) electrons. The number of hydrogen-bond donors (Lipinski definition) is 2. The fourth-order valence-corrected chi connectivity index (χ4v) is 2.55. The van der Waals surface area contributed by atoms with Gasteiger partial charge in [0.05, 0.1) is 42.5 Å². The summed E-state index contributed by atoms with van der Waals surface area (Å²) < 4.78 is 23.7. The van der Waals surface area contributed by atoms with Gasteiger partial charge in [0.15, 0.2) is 0 Å². The lowest BCUT2D eigenvalue weighted by molar-refractivity contribution is -0.126. The number of ether oxygens (including phenoxy) is 4. The van der Waals surface area contributed by atoms with E-state index in [9.17, 15) is 9.59 Å². The Bertz CT molecular complexity index is 374. The van der Waals surface area contributed by atoms with Gasteiger partial charge in [-0.3, -0.25) is 13.1 Å². The van der Waals surface area contributed by atoms with Gasteiger partial charge >= 0.3 is 0 Å². The Kier molecular flexibility index (Phi) is 22.4. The van der Waals surface area contributed by atoms with E-state index in [1.165, 1.54) is 0 Å². The lowest BCUT2D eigenvalue weighted by Crippen LogP contribution is -2.30. The van der Waals surface area contributed by atoms with Crippen molar-refractivity contribution in [3.8, 4) is 0 Å². The quantitative estimate of drug-likeness (QED) is 0.138. The van der Waals surface area contributed by atoms with Gasteiger partial charge in [-0.2, -0.15) is 0 Å². The first-order chi connectivity index (χ1) is 13.7. The van der Waals surface area contributed by atoms with E-state index >= 15 is 0 Å². The Morgan fingerprint density at radius 2 is 1.29 bits per heavy atom. The SMILES string of the molecule is COCCCCCCOCC(=O)NCCOCCCCCOCCC(=O)NI. The van der Waals surface area contributed by atoms with Crippen molar-refractivity contribution in [3.63, 3.8) is 0 Å². The molecule has 0 saturated carbocycles. The van der Waals surface area contributed by atoms with Crippen LogP contribution in [0, 0.1) is 0 Å². The Morgan fingerprint density at radius 3 is 1.93 bits per heavy atom. The maximum Gasteiger partial charge on any atom is 0.246 e. The number of hydrogen-bond acceptors (Lipinski definition) is 6. The number of methoxy groups -OCH3 is 1. The van der Waals surface area contributed by atoms with Crippen molar-refractivity contribution in [3.05, 3.63) is 0 Å². The molecule has 0 bridgehead atoms. The third-order valence-electron chi connectivity index (χ3n) is 3.85. The van der Waals surface area contributed by atoms with Crippen LogP contribution in [-0.2, 0) is 28.5 Å². The fourth-order valence-electron chi connectivity index (χ4n) is 2.28. The summed E-state index contributed by atoms with van der Waals surface area (Å²) in [5.74, 6) is -0.113. The molecule has 9 heteroatoms. The predicted molar refractivity (Wildman–Crippen MR) is 116 cm³/mol. The number of halogens is 1.